The zero-order valence-corrected chi connectivity index (χ0v) is 13.9. The molecule has 1 saturated heterocycles. The van der Waals surface area contributed by atoms with E-state index >= 15 is 0 Å². The second kappa shape index (κ2) is 8.09. The van der Waals surface area contributed by atoms with Gasteiger partial charge in [-0.3, -0.25) is 9.59 Å². The molecule has 1 heterocycles. The number of nitrogens with zero attached hydrogens (tertiary/aromatic N) is 2. The molecule has 0 bridgehead atoms. The molecule has 8 nitrogen and oxygen atoms in total. The lowest BCUT2D eigenvalue weighted by molar-refractivity contribution is -0.139. The van der Waals surface area contributed by atoms with Gasteiger partial charge in [0.15, 0.2) is 0 Å². The number of oxime groups is 1. The number of ether oxygens (including phenoxy) is 1. The van der Waals surface area contributed by atoms with Crippen molar-refractivity contribution in [1.82, 2.24) is 5.32 Å². The van der Waals surface area contributed by atoms with E-state index in [4.69, 9.17) is 9.94 Å². The molecule has 3 amide bonds. The molecule has 0 aromatic heterocycles. The molecule has 132 valence electrons. The maximum absolute atomic E-state index is 12.4. The quantitative estimate of drug-likeness (QED) is 0.204. The van der Waals surface area contributed by atoms with Gasteiger partial charge in [-0.05, 0) is 31.0 Å². The zero-order valence-electron chi connectivity index (χ0n) is 13.9. The number of carbonyl (C=O) groups excluding carboxylic acids is 3. The molecule has 0 radical (unpaired) electrons. The predicted octanol–water partition coefficient (Wildman–Crippen LogP) is 1.82. The van der Waals surface area contributed by atoms with Crippen molar-refractivity contribution in [2.45, 2.75) is 26.3 Å². The van der Waals surface area contributed by atoms with E-state index in [1.54, 1.807) is 43.3 Å². The molecule has 2 N–H and O–H groups in total. The zero-order chi connectivity index (χ0) is 18.4. The third kappa shape index (κ3) is 4.43. The summed E-state index contributed by atoms with van der Waals surface area (Å²) in [6.45, 7) is 3.08. The molecule has 8 heteroatoms. The summed E-state index contributed by atoms with van der Waals surface area (Å²) < 4.78 is 4.75. The second-order valence-corrected chi connectivity index (χ2v) is 5.42. The van der Waals surface area contributed by atoms with Crippen LogP contribution in [0.5, 0.6) is 0 Å². The Morgan fingerprint density at radius 1 is 1.28 bits per heavy atom. The number of esters is 1. The summed E-state index contributed by atoms with van der Waals surface area (Å²) in [5.41, 5.74) is 1.55. The van der Waals surface area contributed by atoms with Gasteiger partial charge in [0.1, 0.15) is 12.6 Å². The fourth-order valence-corrected chi connectivity index (χ4v) is 2.31. The smallest absolute Gasteiger partial charge is 0.329 e. The van der Waals surface area contributed by atoms with Crippen LogP contribution >= 0.6 is 0 Å². The molecular formula is C17H19N3O5. The molecule has 0 spiro atoms. The van der Waals surface area contributed by atoms with Gasteiger partial charge in [-0.1, -0.05) is 29.4 Å². The molecular weight excluding hydrogens is 326 g/mol. The first kappa shape index (κ1) is 18.2. The molecule has 1 fully saturated rings. The van der Waals surface area contributed by atoms with E-state index in [0.717, 1.165) is 4.90 Å². The number of rotatable bonds is 6. The number of anilines is 1. The molecule has 1 unspecified atom stereocenters. The maximum Gasteiger partial charge on any atom is 0.329 e. The number of hydrogen-bond acceptors (Lipinski definition) is 6. The van der Waals surface area contributed by atoms with Gasteiger partial charge in [0, 0.05) is 6.92 Å². The Kier molecular flexibility index (Phi) is 5.89. The molecule has 2 rings (SSSR count). The number of amides is 3. The van der Waals surface area contributed by atoms with Crippen LogP contribution in [0.2, 0.25) is 0 Å². The summed E-state index contributed by atoms with van der Waals surface area (Å²) in [6.07, 6.45) is 3.60. The number of imide groups is 1. The van der Waals surface area contributed by atoms with E-state index in [1.807, 2.05) is 0 Å². The molecule has 1 aliphatic heterocycles. The third-order valence-corrected chi connectivity index (χ3v) is 3.63. The lowest BCUT2D eigenvalue weighted by Gasteiger charge is -2.13. The van der Waals surface area contributed by atoms with Crippen LogP contribution in [0, 0.1) is 0 Å². The van der Waals surface area contributed by atoms with E-state index in [9.17, 15) is 14.4 Å². The highest BCUT2D eigenvalue weighted by molar-refractivity contribution is 6.21. The van der Waals surface area contributed by atoms with E-state index in [0.29, 0.717) is 23.4 Å². The Bertz CT molecular complexity index is 724. The molecule has 1 atom stereocenters. The predicted molar refractivity (Wildman–Crippen MR) is 90.6 cm³/mol. The lowest BCUT2D eigenvalue weighted by atomic mass is 10.1. The van der Waals surface area contributed by atoms with Crippen molar-refractivity contribution in [3.8, 4) is 0 Å². The summed E-state index contributed by atoms with van der Waals surface area (Å²) in [6, 6.07) is 5.39. The fraction of sp³-hybridized carbons (Fsp3) is 0.294. The summed E-state index contributed by atoms with van der Waals surface area (Å²) in [5, 5.41) is 14.5. The standard InChI is InChI=1S/C17H19N3O5/c1-11(19-24)13-6-8-14(9-7-13)20-16(22)15(18-17(20)23)5-3-4-10-25-12(2)21/h3-4,6-9,15,24H,5,10H2,1-2H3,(H,18,23). The molecule has 1 aliphatic rings. The highest BCUT2D eigenvalue weighted by Gasteiger charge is 2.38. The van der Waals surface area contributed by atoms with E-state index in [-0.39, 0.29) is 18.5 Å². The number of hydrogen-bond donors (Lipinski definition) is 2. The van der Waals surface area contributed by atoms with Crippen LogP contribution in [0.4, 0.5) is 10.5 Å². The first-order valence-corrected chi connectivity index (χ1v) is 7.66. The van der Waals surface area contributed by atoms with Gasteiger partial charge in [0.05, 0.1) is 11.4 Å². The van der Waals surface area contributed by atoms with Crippen molar-refractivity contribution >= 4 is 29.3 Å². The highest BCUT2D eigenvalue weighted by Crippen LogP contribution is 2.21. The van der Waals surface area contributed by atoms with Gasteiger partial charge in [-0.15, -0.1) is 0 Å². The Morgan fingerprint density at radius 2 is 1.96 bits per heavy atom. The second-order valence-electron chi connectivity index (χ2n) is 5.42. The maximum atomic E-state index is 12.4. The third-order valence-electron chi connectivity index (χ3n) is 3.63. The summed E-state index contributed by atoms with van der Waals surface area (Å²) in [7, 11) is 0. The minimum Gasteiger partial charge on any atom is -0.462 e. The number of benzene rings is 1. The molecule has 0 saturated carbocycles. The number of urea groups is 1. The first-order chi connectivity index (χ1) is 11.9. The van der Waals surface area contributed by atoms with Crippen LogP contribution in [-0.4, -0.2) is 41.5 Å². The SMILES string of the molecule is CC(=O)OCC=CCC1NC(=O)N(c2ccc(C(C)=NO)cc2)C1=O. The lowest BCUT2D eigenvalue weighted by Crippen LogP contribution is -2.31. The Labute approximate surface area is 144 Å². The van der Waals surface area contributed by atoms with Crippen molar-refractivity contribution in [2.24, 2.45) is 5.16 Å². The van der Waals surface area contributed by atoms with Crippen LogP contribution in [0.25, 0.3) is 0 Å². The number of carbonyl (C=O) groups is 3. The average molecular weight is 345 g/mol. The van der Waals surface area contributed by atoms with E-state index in [2.05, 4.69) is 10.5 Å². The summed E-state index contributed by atoms with van der Waals surface area (Å²) in [5.74, 6) is -0.742. The topological polar surface area (TPSA) is 108 Å². The highest BCUT2D eigenvalue weighted by atomic mass is 16.5. The van der Waals surface area contributed by atoms with Crippen molar-refractivity contribution in [1.29, 1.82) is 0 Å². The normalized spacial score (nSPS) is 17.9. The number of nitrogens with one attached hydrogen (secondary N) is 1. The van der Waals surface area contributed by atoms with Crippen LogP contribution in [0.15, 0.2) is 41.6 Å². The Hall–Kier alpha value is -3.16. The van der Waals surface area contributed by atoms with Crippen molar-refractivity contribution in [2.75, 3.05) is 11.5 Å². The van der Waals surface area contributed by atoms with Gasteiger partial charge in [-0.2, -0.15) is 0 Å². The molecule has 0 aliphatic carbocycles. The fourth-order valence-electron chi connectivity index (χ4n) is 2.31. The molecule has 1 aromatic carbocycles. The van der Waals surface area contributed by atoms with E-state index < -0.39 is 12.1 Å². The first-order valence-electron chi connectivity index (χ1n) is 7.66. The average Bonchev–Trinajstić information content (AvgIpc) is 2.87. The van der Waals surface area contributed by atoms with Crippen LogP contribution < -0.4 is 10.2 Å². The van der Waals surface area contributed by atoms with Crippen LogP contribution in [0.3, 0.4) is 0 Å². The molecule has 1 aromatic rings. The minimum atomic E-state index is -0.665. The van der Waals surface area contributed by atoms with Gasteiger partial charge >= 0.3 is 12.0 Å². The van der Waals surface area contributed by atoms with Crippen molar-refractivity contribution in [3.05, 3.63) is 42.0 Å². The molecule has 25 heavy (non-hydrogen) atoms. The van der Waals surface area contributed by atoms with Crippen LogP contribution in [0.1, 0.15) is 25.8 Å². The van der Waals surface area contributed by atoms with Gasteiger partial charge in [0.2, 0.25) is 0 Å². The van der Waals surface area contributed by atoms with E-state index in [1.165, 1.54) is 6.92 Å². The Morgan fingerprint density at radius 3 is 2.56 bits per heavy atom. The Balaban J connectivity index is 2.02. The summed E-state index contributed by atoms with van der Waals surface area (Å²) in [4.78, 5) is 36.2. The summed E-state index contributed by atoms with van der Waals surface area (Å²) >= 11 is 0. The monoisotopic (exact) mass is 345 g/mol. The van der Waals surface area contributed by atoms with Crippen LogP contribution in [-0.2, 0) is 14.3 Å². The van der Waals surface area contributed by atoms with Gasteiger partial charge in [-0.25, -0.2) is 9.69 Å². The van der Waals surface area contributed by atoms with Crippen molar-refractivity contribution < 1.29 is 24.3 Å². The van der Waals surface area contributed by atoms with Gasteiger partial charge < -0.3 is 15.3 Å². The minimum absolute atomic E-state index is 0.126. The largest absolute Gasteiger partial charge is 0.462 e. The van der Waals surface area contributed by atoms with Crippen molar-refractivity contribution in [3.63, 3.8) is 0 Å². The van der Waals surface area contributed by atoms with Gasteiger partial charge in [0.25, 0.3) is 5.91 Å².